The molecule has 2 aliphatic rings. The van der Waals surface area contributed by atoms with Crippen molar-refractivity contribution in [2.75, 3.05) is 11.5 Å². The maximum Gasteiger partial charge on any atom is 0.278 e. The Labute approximate surface area is 199 Å². The van der Waals surface area contributed by atoms with Crippen LogP contribution in [0.5, 0.6) is 0 Å². The number of carbonyl (C=O) groups is 2. The first-order valence-corrected chi connectivity index (χ1v) is 12.1. The van der Waals surface area contributed by atoms with Crippen LogP contribution in [0.15, 0.2) is 47.5 Å². The molecule has 1 aliphatic carbocycles. The van der Waals surface area contributed by atoms with Gasteiger partial charge >= 0.3 is 0 Å². The largest absolute Gasteiger partial charge is 0.396 e. The molecule has 1 aliphatic heterocycles. The number of aliphatic hydroxyl groups excluding tert-OH is 1. The number of benzene rings is 2. The average molecular weight is 466 g/mol. The van der Waals surface area contributed by atoms with Crippen LogP contribution in [0, 0.1) is 11.7 Å². The fourth-order valence-electron chi connectivity index (χ4n) is 4.94. The standard InChI is InChI=1S/C27H32FN3O3/c1-17(2)29-26(33)20-7-11-23(12-8-20)31-24-15-18(13-14-32)3-4-21(24)16-25(31)30-27(34)19-5-9-22(28)10-6-19/h3-6,9-10,15,17,20,23,32H,7-8,11-14,16H2,1-2H3,(H,29,33). The Morgan fingerprint density at radius 3 is 2.47 bits per heavy atom. The van der Waals surface area contributed by atoms with Gasteiger partial charge in [0.2, 0.25) is 5.91 Å². The third kappa shape index (κ3) is 5.36. The Bertz CT molecular complexity index is 1070. The zero-order valence-corrected chi connectivity index (χ0v) is 19.8. The summed E-state index contributed by atoms with van der Waals surface area (Å²) in [5.41, 5.74) is 3.49. The summed E-state index contributed by atoms with van der Waals surface area (Å²) in [4.78, 5) is 32.0. The van der Waals surface area contributed by atoms with Gasteiger partial charge in [0.15, 0.2) is 0 Å². The molecule has 0 spiro atoms. The second kappa shape index (κ2) is 10.5. The second-order valence-corrected chi connectivity index (χ2v) is 9.49. The van der Waals surface area contributed by atoms with Gasteiger partial charge in [0, 0.05) is 42.3 Å². The lowest BCUT2D eigenvalue weighted by Gasteiger charge is -2.36. The van der Waals surface area contributed by atoms with E-state index < -0.39 is 11.7 Å². The third-order valence-corrected chi connectivity index (χ3v) is 6.62. The third-order valence-electron chi connectivity index (χ3n) is 6.62. The summed E-state index contributed by atoms with van der Waals surface area (Å²) in [6, 6.07) is 11.8. The molecule has 0 atom stereocenters. The SMILES string of the molecule is CC(C)NC(=O)C1CCC(N2C(=NC(=O)c3ccc(F)cc3)Cc3ccc(CCO)cc32)CC1. The van der Waals surface area contributed by atoms with Crippen molar-refractivity contribution >= 4 is 23.3 Å². The molecule has 1 fully saturated rings. The van der Waals surface area contributed by atoms with Gasteiger partial charge < -0.3 is 15.3 Å². The van der Waals surface area contributed by atoms with E-state index in [0.717, 1.165) is 42.5 Å². The number of hydrogen-bond donors (Lipinski definition) is 2. The lowest BCUT2D eigenvalue weighted by atomic mass is 9.84. The van der Waals surface area contributed by atoms with Crippen LogP contribution in [0.3, 0.4) is 0 Å². The first-order chi connectivity index (χ1) is 16.4. The Kier molecular flexibility index (Phi) is 7.41. The van der Waals surface area contributed by atoms with Crippen LogP contribution in [-0.2, 0) is 17.6 Å². The van der Waals surface area contributed by atoms with Crippen molar-refractivity contribution in [1.29, 1.82) is 0 Å². The fourth-order valence-corrected chi connectivity index (χ4v) is 4.94. The van der Waals surface area contributed by atoms with Gasteiger partial charge in [-0.3, -0.25) is 9.59 Å². The monoisotopic (exact) mass is 465 g/mol. The molecule has 0 radical (unpaired) electrons. The minimum atomic E-state index is -0.395. The lowest BCUT2D eigenvalue weighted by Crippen LogP contribution is -2.44. The van der Waals surface area contributed by atoms with Crippen LogP contribution >= 0.6 is 0 Å². The number of hydrogen-bond acceptors (Lipinski definition) is 3. The Balaban J connectivity index is 1.60. The Morgan fingerprint density at radius 1 is 1.12 bits per heavy atom. The summed E-state index contributed by atoms with van der Waals surface area (Å²) in [7, 11) is 0. The minimum Gasteiger partial charge on any atom is -0.396 e. The number of nitrogens with zero attached hydrogens (tertiary/aromatic N) is 2. The molecular weight excluding hydrogens is 433 g/mol. The molecule has 180 valence electrons. The molecule has 0 aromatic heterocycles. The number of halogens is 1. The van der Waals surface area contributed by atoms with Crippen LogP contribution in [0.4, 0.5) is 10.1 Å². The van der Waals surface area contributed by atoms with Crippen molar-refractivity contribution < 1.29 is 19.1 Å². The quantitative estimate of drug-likeness (QED) is 0.675. The zero-order valence-electron chi connectivity index (χ0n) is 19.8. The first kappa shape index (κ1) is 24.1. The summed E-state index contributed by atoms with van der Waals surface area (Å²) in [5.74, 6) is 0.00582. The number of amides is 2. The first-order valence-electron chi connectivity index (χ1n) is 12.1. The van der Waals surface area contributed by atoms with Gasteiger partial charge in [0.1, 0.15) is 11.7 Å². The molecule has 1 heterocycles. The molecule has 0 unspecified atom stereocenters. The number of aliphatic hydroxyl groups is 1. The number of rotatable bonds is 6. The van der Waals surface area contributed by atoms with E-state index in [1.54, 1.807) is 0 Å². The molecule has 1 saturated carbocycles. The lowest BCUT2D eigenvalue weighted by molar-refractivity contribution is -0.126. The van der Waals surface area contributed by atoms with Crippen molar-refractivity contribution in [2.45, 2.75) is 64.5 Å². The van der Waals surface area contributed by atoms with E-state index in [2.05, 4.69) is 21.3 Å². The van der Waals surface area contributed by atoms with E-state index in [-0.39, 0.29) is 30.5 Å². The number of nitrogens with one attached hydrogen (secondary N) is 1. The maximum absolute atomic E-state index is 13.3. The number of anilines is 1. The molecule has 2 amide bonds. The molecule has 6 nitrogen and oxygen atoms in total. The summed E-state index contributed by atoms with van der Waals surface area (Å²) in [6.45, 7) is 4.00. The van der Waals surface area contributed by atoms with E-state index >= 15 is 0 Å². The van der Waals surface area contributed by atoms with Gasteiger partial charge in [-0.1, -0.05) is 12.1 Å². The van der Waals surface area contributed by atoms with E-state index in [0.29, 0.717) is 24.2 Å². The van der Waals surface area contributed by atoms with Crippen LogP contribution < -0.4 is 10.2 Å². The van der Waals surface area contributed by atoms with Crippen LogP contribution in [0.25, 0.3) is 0 Å². The predicted octanol–water partition coefficient (Wildman–Crippen LogP) is 4.05. The normalized spacial score (nSPS) is 21.1. The minimum absolute atomic E-state index is 0.00248. The topological polar surface area (TPSA) is 82.0 Å². The smallest absolute Gasteiger partial charge is 0.278 e. The van der Waals surface area contributed by atoms with Crippen molar-refractivity contribution in [1.82, 2.24) is 5.32 Å². The predicted molar refractivity (Wildman–Crippen MR) is 131 cm³/mol. The van der Waals surface area contributed by atoms with Gasteiger partial charge in [-0.25, -0.2) is 4.39 Å². The van der Waals surface area contributed by atoms with Crippen LogP contribution in [-0.4, -0.2) is 41.4 Å². The Morgan fingerprint density at radius 2 is 1.82 bits per heavy atom. The number of carbonyl (C=O) groups excluding carboxylic acids is 2. The molecule has 2 N–H and O–H groups in total. The van der Waals surface area contributed by atoms with E-state index in [1.165, 1.54) is 24.3 Å². The van der Waals surface area contributed by atoms with Gasteiger partial charge in [-0.15, -0.1) is 0 Å². The highest BCUT2D eigenvalue weighted by Crippen LogP contribution is 2.38. The highest BCUT2D eigenvalue weighted by atomic mass is 19.1. The highest BCUT2D eigenvalue weighted by Gasteiger charge is 2.36. The maximum atomic E-state index is 13.3. The fraction of sp³-hybridized carbons (Fsp3) is 0.444. The number of amidine groups is 1. The van der Waals surface area contributed by atoms with Gasteiger partial charge in [-0.2, -0.15) is 4.99 Å². The molecule has 2 aromatic rings. The molecule has 4 rings (SSSR count). The van der Waals surface area contributed by atoms with Crippen molar-refractivity contribution in [3.63, 3.8) is 0 Å². The van der Waals surface area contributed by atoms with Crippen molar-refractivity contribution in [2.24, 2.45) is 10.9 Å². The zero-order chi connectivity index (χ0) is 24.2. The van der Waals surface area contributed by atoms with Gasteiger partial charge in [-0.05, 0) is 87.4 Å². The summed E-state index contributed by atoms with van der Waals surface area (Å²) >= 11 is 0. The summed E-state index contributed by atoms with van der Waals surface area (Å²) in [6.07, 6.45) is 4.31. The summed E-state index contributed by atoms with van der Waals surface area (Å²) < 4.78 is 13.3. The van der Waals surface area contributed by atoms with Crippen molar-refractivity contribution in [3.8, 4) is 0 Å². The van der Waals surface area contributed by atoms with Crippen LogP contribution in [0.1, 0.15) is 61.0 Å². The van der Waals surface area contributed by atoms with E-state index in [4.69, 9.17) is 0 Å². The molecule has 0 saturated heterocycles. The van der Waals surface area contributed by atoms with Crippen LogP contribution in [0.2, 0.25) is 0 Å². The molecule has 34 heavy (non-hydrogen) atoms. The molecule has 7 heteroatoms. The average Bonchev–Trinajstić information content (AvgIpc) is 3.16. The van der Waals surface area contributed by atoms with Crippen molar-refractivity contribution in [3.05, 3.63) is 65.0 Å². The summed E-state index contributed by atoms with van der Waals surface area (Å²) in [5, 5.41) is 12.4. The van der Waals surface area contributed by atoms with Gasteiger partial charge in [0.05, 0.1) is 0 Å². The van der Waals surface area contributed by atoms with E-state index in [9.17, 15) is 19.1 Å². The second-order valence-electron chi connectivity index (χ2n) is 9.49. The number of aliphatic imine (C=N–C) groups is 1. The van der Waals surface area contributed by atoms with Gasteiger partial charge in [0.25, 0.3) is 5.91 Å². The molecule has 2 aromatic carbocycles. The van der Waals surface area contributed by atoms with E-state index in [1.807, 2.05) is 26.0 Å². The molecular formula is C27H32FN3O3. The highest BCUT2D eigenvalue weighted by molar-refractivity contribution is 6.12. The Hall–Kier alpha value is -3.06. The number of fused-ring (bicyclic) bond motifs is 1. The molecule has 0 bridgehead atoms.